The molecule has 0 amide bonds. The molecule has 0 fully saturated rings. The van der Waals surface area contributed by atoms with Crippen LogP contribution in [0.2, 0.25) is 0 Å². The van der Waals surface area contributed by atoms with Gasteiger partial charge in [-0.1, -0.05) is 34.6 Å². The standard InChI is InChI=1S/C17H33N3S/c1-6-10-18-13-15-16(14(5)9-4)19-17(21-15)20(11-7-2)12-8-3/h14,18H,6-13H2,1-5H3. The van der Waals surface area contributed by atoms with Gasteiger partial charge in [0.1, 0.15) is 0 Å². The van der Waals surface area contributed by atoms with Crippen LogP contribution in [0.4, 0.5) is 5.13 Å². The second-order valence-corrected chi connectivity index (χ2v) is 6.84. The van der Waals surface area contributed by atoms with Crippen LogP contribution in [-0.2, 0) is 6.54 Å². The molecule has 3 nitrogen and oxygen atoms in total. The molecule has 1 heterocycles. The van der Waals surface area contributed by atoms with E-state index < -0.39 is 0 Å². The van der Waals surface area contributed by atoms with E-state index in [-0.39, 0.29) is 0 Å². The van der Waals surface area contributed by atoms with Gasteiger partial charge in [-0.2, -0.15) is 0 Å². The molecule has 21 heavy (non-hydrogen) atoms. The first kappa shape index (κ1) is 18.4. The Morgan fingerprint density at radius 1 is 1.10 bits per heavy atom. The number of aromatic nitrogens is 1. The van der Waals surface area contributed by atoms with Crippen molar-refractivity contribution >= 4 is 16.5 Å². The normalized spacial score (nSPS) is 12.6. The molecule has 0 aliphatic heterocycles. The van der Waals surface area contributed by atoms with Crippen molar-refractivity contribution in [2.75, 3.05) is 24.5 Å². The fraction of sp³-hybridized carbons (Fsp3) is 0.824. The molecule has 1 atom stereocenters. The number of hydrogen-bond donors (Lipinski definition) is 1. The minimum atomic E-state index is 0.554. The highest BCUT2D eigenvalue weighted by Crippen LogP contribution is 2.32. The van der Waals surface area contributed by atoms with Crippen LogP contribution in [0.1, 0.15) is 76.8 Å². The molecule has 4 heteroatoms. The van der Waals surface area contributed by atoms with Gasteiger partial charge in [-0.15, -0.1) is 11.3 Å². The van der Waals surface area contributed by atoms with Crippen LogP contribution >= 0.6 is 11.3 Å². The van der Waals surface area contributed by atoms with Gasteiger partial charge in [-0.3, -0.25) is 0 Å². The van der Waals surface area contributed by atoms with Crippen LogP contribution < -0.4 is 10.2 Å². The number of thiazole rings is 1. The van der Waals surface area contributed by atoms with Gasteiger partial charge in [0.2, 0.25) is 0 Å². The molecule has 1 rings (SSSR count). The number of rotatable bonds is 11. The summed E-state index contributed by atoms with van der Waals surface area (Å²) in [5.74, 6) is 0.554. The first-order valence-electron chi connectivity index (χ1n) is 8.62. The number of anilines is 1. The Morgan fingerprint density at radius 2 is 1.76 bits per heavy atom. The lowest BCUT2D eigenvalue weighted by atomic mass is 10.0. The van der Waals surface area contributed by atoms with E-state index in [4.69, 9.17) is 4.98 Å². The second-order valence-electron chi connectivity index (χ2n) is 5.78. The maximum absolute atomic E-state index is 5.00. The number of nitrogens with zero attached hydrogens (tertiary/aromatic N) is 2. The Labute approximate surface area is 135 Å². The molecule has 0 saturated heterocycles. The summed E-state index contributed by atoms with van der Waals surface area (Å²) in [7, 11) is 0. The summed E-state index contributed by atoms with van der Waals surface area (Å²) in [6, 6.07) is 0. The molecule has 0 aromatic carbocycles. The zero-order valence-electron chi connectivity index (χ0n) is 14.5. The van der Waals surface area contributed by atoms with E-state index in [2.05, 4.69) is 44.8 Å². The molecule has 122 valence electrons. The minimum Gasteiger partial charge on any atom is -0.348 e. The summed E-state index contributed by atoms with van der Waals surface area (Å²) in [4.78, 5) is 8.90. The van der Waals surface area contributed by atoms with Gasteiger partial charge in [0.05, 0.1) is 5.69 Å². The third-order valence-corrected chi connectivity index (χ3v) is 4.90. The van der Waals surface area contributed by atoms with Crippen molar-refractivity contribution in [3.63, 3.8) is 0 Å². The maximum Gasteiger partial charge on any atom is 0.185 e. The third-order valence-electron chi connectivity index (χ3n) is 3.77. The van der Waals surface area contributed by atoms with Gasteiger partial charge in [-0.25, -0.2) is 4.98 Å². The molecule has 0 aliphatic carbocycles. The van der Waals surface area contributed by atoms with Crippen molar-refractivity contribution in [3.05, 3.63) is 10.6 Å². The summed E-state index contributed by atoms with van der Waals surface area (Å²) in [6.07, 6.45) is 4.71. The van der Waals surface area contributed by atoms with Crippen LogP contribution in [0.5, 0.6) is 0 Å². The SMILES string of the molecule is CCCNCc1sc(N(CCC)CCC)nc1C(C)CC. The molecule has 0 aliphatic rings. The highest BCUT2D eigenvalue weighted by atomic mass is 32.1. The summed E-state index contributed by atoms with van der Waals surface area (Å²) in [5, 5.41) is 4.76. The van der Waals surface area contributed by atoms with Crippen LogP contribution in [0.25, 0.3) is 0 Å². The molecule has 1 unspecified atom stereocenters. The zero-order valence-corrected chi connectivity index (χ0v) is 15.4. The van der Waals surface area contributed by atoms with Gasteiger partial charge in [0.25, 0.3) is 0 Å². The summed E-state index contributed by atoms with van der Waals surface area (Å²) < 4.78 is 0. The quantitative estimate of drug-likeness (QED) is 0.596. The first-order valence-corrected chi connectivity index (χ1v) is 9.44. The fourth-order valence-electron chi connectivity index (χ4n) is 2.41. The molecule has 0 radical (unpaired) electrons. The Kier molecular flexibility index (Phi) is 8.93. The molecular weight excluding hydrogens is 278 g/mol. The summed E-state index contributed by atoms with van der Waals surface area (Å²) >= 11 is 1.89. The Bertz CT molecular complexity index is 383. The van der Waals surface area contributed by atoms with Crippen LogP contribution in [-0.4, -0.2) is 24.6 Å². The lowest BCUT2D eigenvalue weighted by Crippen LogP contribution is -2.24. The maximum atomic E-state index is 5.00. The lowest BCUT2D eigenvalue weighted by molar-refractivity contribution is 0.654. The molecule has 1 aromatic heterocycles. The van der Waals surface area contributed by atoms with E-state index in [0.717, 1.165) is 32.6 Å². The van der Waals surface area contributed by atoms with Crippen LogP contribution in [0.15, 0.2) is 0 Å². The highest BCUT2D eigenvalue weighted by molar-refractivity contribution is 7.15. The van der Waals surface area contributed by atoms with Gasteiger partial charge < -0.3 is 10.2 Å². The zero-order chi connectivity index (χ0) is 15.7. The monoisotopic (exact) mass is 311 g/mol. The van der Waals surface area contributed by atoms with Gasteiger partial charge in [0.15, 0.2) is 5.13 Å². The number of hydrogen-bond acceptors (Lipinski definition) is 4. The highest BCUT2D eigenvalue weighted by Gasteiger charge is 2.18. The predicted molar refractivity (Wildman–Crippen MR) is 95.6 cm³/mol. The molecule has 1 N–H and O–H groups in total. The van der Waals surface area contributed by atoms with E-state index in [9.17, 15) is 0 Å². The lowest BCUT2D eigenvalue weighted by Gasteiger charge is -2.20. The van der Waals surface area contributed by atoms with E-state index in [1.165, 1.54) is 35.0 Å². The third kappa shape index (κ3) is 5.59. The van der Waals surface area contributed by atoms with Crippen molar-refractivity contribution in [2.24, 2.45) is 0 Å². The van der Waals surface area contributed by atoms with Gasteiger partial charge >= 0.3 is 0 Å². The van der Waals surface area contributed by atoms with Crippen molar-refractivity contribution in [3.8, 4) is 0 Å². The summed E-state index contributed by atoms with van der Waals surface area (Å²) in [5.41, 5.74) is 1.32. The Morgan fingerprint density at radius 3 is 2.29 bits per heavy atom. The molecule has 0 saturated carbocycles. The predicted octanol–water partition coefficient (Wildman–Crippen LogP) is 4.78. The minimum absolute atomic E-state index is 0.554. The van der Waals surface area contributed by atoms with E-state index in [1.54, 1.807) is 0 Å². The average Bonchev–Trinajstić information content (AvgIpc) is 2.90. The molecule has 1 aromatic rings. The van der Waals surface area contributed by atoms with Crippen molar-refractivity contribution < 1.29 is 0 Å². The van der Waals surface area contributed by atoms with Gasteiger partial charge in [-0.05, 0) is 38.1 Å². The van der Waals surface area contributed by atoms with Crippen molar-refractivity contribution in [1.82, 2.24) is 10.3 Å². The summed E-state index contributed by atoms with van der Waals surface area (Å²) in [6.45, 7) is 15.5. The van der Waals surface area contributed by atoms with Crippen LogP contribution in [0, 0.1) is 0 Å². The largest absolute Gasteiger partial charge is 0.348 e. The van der Waals surface area contributed by atoms with Crippen molar-refractivity contribution in [2.45, 2.75) is 72.8 Å². The molecular formula is C17H33N3S. The fourth-order valence-corrected chi connectivity index (χ4v) is 3.61. The smallest absolute Gasteiger partial charge is 0.185 e. The second kappa shape index (κ2) is 10.2. The van der Waals surface area contributed by atoms with E-state index in [1.807, 2.05) is 11.3 Å². The van der Waals surface area contributed by atoms with Crippen molar-refractivity contribution in [1.29, 1.82) is 0 Å². The Balaban J connectivity index is 2.93. The Hall–Kier alpha value is -0.610. The average molecular weight is 312 g/mol. The van der Waals surface area contributed by atoms with E-state index in [0.29, 0.717) is 5.92 Å². The molecule has 0 bridgehead atoms. The van der Waals surface area contributed by atoms with Gasteiger partial charge in [0, 0.05) is 24.5 Å². The topological polar surface area (TPSA) is 28.2 Å². The molecule has 0 spiro atoms. The van der Waals surface area contributed by atoms with Crippen LogP contribution in [0.3, 0.4) is 0 Å². The first-order chi connectivity index (χ1) is 10.2. The number of nitrogens with one attached hydrogen (secondary N) is 1. The van der Waals surface area contributed by atoms with E-state index >= 15 is 0 Å².